The van der Waals surface area contributed by atoms with Crippen molar-refractivity contribution >= 4 is 39.8 Å². The van der Waals surface area contributed by atoms with Gasteiger partial charge in [-0.05, 0) is 30.3 Å². The summed E-state index contributed by atoms with van der Waals surface area (Å²) in [4.78, 5) is 18.2. The summed E-state index contributed by atoms with van der Waals surface area (Å²) in [6, 6.07) is 14.8. The van der Waals surface area contributed by atoms with Gasteiger partial charge in [-0.25, -0.2) is 9.78 Å². The maximum absolute atomic E-state index is 12.7. The van der Waals surface area contributed by atoms with Crippen LogP contribution in [0.25, 0.3) is 21.5 Å². The molecular weight excluding hydrogens is 370 g/mol. The number of hydrogen-bond acceptors (Lipinski definition) is 5. The van der Waals surface area contributed by atoms with E-state index in [2.05, 4.69) is 10.1 Å². The van der Waals surface area contributed by atoms with Crippen molar-refractivity contribution in [1.29, 1.82) is 0 Å². The molecule has 0 bridgehead atoms. The molecule has 4 rings (SSSR count). The number of aromatic nitrogens is 3. The molecule has 0 unspecified atom stereocenters. The number of nitrogens with zero attached hydrogens (tertiary/aromatic N) is 3. The maximum Gasteiger partial charge on any atom is 0.338 e. The number of fused-ring (bicyclic) bond motifs is 1. The standard InChI is InChI=1S/C19H14ClN3O2S/c20-18-7-6-17(26-18)16-12-14(13-4-1-2-5-15(13)22-16)19(24)25-11-10-23-9-3-8-21-23/h1-9,12H,10-11H2. The summed E-state index contributed by atoms with van der Waals surface area (Å²) in [7, 11) is 0. The number of carbonyl (C=O) groups excluding carboxylic acids is 1. The Morgan fingerprint density at radius 1 is 1.19 bits per heavy atom. The first-order valence-electron chi connectivity index (χ1n) is 8.01. The van der Waals surface area contributed by atoms with Crippen molar-refractivity contribution in [3.05, 3.63) is 70.8 Å². The van der Waals surface area contributed by atoms with E-state index in [9.17, 15) is 4.79 Å². The predicted molar refractivity (Wildman–Crippen MR) is 103 cm³/mol. The van der Waals surface area contributed by atoms with Gasteiger partial charge in [0.05, 0.1) is 32.5 Å². The first-order chi connectivity index (χ1) is 12.7. The Bertz CT molecular complexity index is 1060. The van der Waals surface area contributed by atoms with E-state index in [1.807, 2.05) is 48.7 Å². The highest BCUT2D eigenvalue weighted by molar-refractivity contribution is 7.19. The minimum absolute atomic E-state index is 0.247. The highest BCUT2D eigenvalue weighted by Gasteiger charge is 2.16. The number of rotatable bonds is 5. The fraction of sp³-hybridized carbons (Fsp3) is 0.105. The van der Waals surface area contributed by atoms with Crippen molar-refractivity contribution in [2.75, 3.05) is 6.61 Å². The summed E-state index contributed by atoms with van der Waals surface area (Å²) >= 11 is 7.46. The van der Waals surface area contributed by atoms with Crippen LogP contribution in [-0.2, 0) is 11.3 Å². The van der Waals surface area contributed by atoms with Crippen molar-refractivity contribution in [2.45, 2.75) is 6.54 Å². The summed E-state index contributed by atoms with van der Waals surface area (Å²) in [6.45, 7) is 0.756. The van der Waals surface area contributed by atoms with E-state index in [0.717, 1.165) is 15.8 Å². The van der Waals surface area contributed by atoms with Crippen LogP contribution < -0.4 is 0 Å². The van der Waals surface area contributed by atoms with Crippen molar-refractivity contribution in [2.24, 2.45) is 0 Å². The van der Waals surface area contributed by atoms with Gasteiger partial charge in [0, 0.05) is 17.8 Å². The van der Waals surface area contributed by atoms with E-state index in [0.29, 0.717) is 22.1 Å². The average molecular weight is 384 g/mol. The normalized spacial score (nSPS) is 11.0. The van der Waals surface area contributed by atoms with E-state index >= 15 is 0 Å². The molecule has 0 aliphatic rings. The van der Waals surface area contributed by atoms with Crippen LogP contribution in [0.15, 0.2) is 60.9 Å². The first-order valence-corrected chi connectivity index (χ1v) is 9.20. The number of benzene rings is 1. The van der Waals surface area contributed by atoms with Gasteiger partial charge in [-0.2, -0.15) is 5.10 Å². The molecular formula is C19H14ClN3O2S. The third-order valence-corrected chi connectivity index (χ3v) is 5.13. The molecule has 0 radical (unpaired) electrons. The molecule has 0 aliphatic heterocycles. The minimum atomic E-state index is -0.375. The zero-order chi connectivity index (χ0) is 17.9. The van der Waals surface area contributed by atoms with Gasteiger partial charge in [0.25, 0.3) is 0 Å². The molecule has 0 spiro atoms. The van der Waals surface area contributed by atoms with Crippen LogP contribution >= 0.6 is 22.9 Å². The van der Waals surface area contributed by atoms with Gasteiger partial charge < -0.3 is 4.74 Å². The fourth-order valence-corrected chi connectivity index (χ4v) is 3.67. The van der Waals surface area contributed by atoms with E-state index in [1.165, 1.54) is 11.3 Å². The van der Waals surface area contributed by atoms with Crippen molar-refractivity contribution in [1.82, 2.24) is 14.8 Å². The Morgan fingerprint density at radius 2 is 2.08 bits per heavy atom. The Labute approximate surface area is 158 Å². The molecule has 0 N–H and O–H groups in total. The molecule has 1 aromatic carbocycles. The lowest BCUT2D eigenvalue weighted by Crippen LogP contribution is -2.12. The van der Waals surface area contributed by atoms with E-state index in [4.69, 9.17) is 16.3 Å². The molecule has 130 valence electrons. The largest absolute Gasteiger partial charge is 0.460 e. The van der Waals surface area contributed by atoms with E-state index < -0.39 is 0 Å². The molecule has 0 atom stereocenters. The number of esters is 1. The smallest absolute Gasteiger partial charge is 0.338 e. The van der Waals surface area contributed by atoms with Gasteiger partial charge in [0.15, 0.2) is 0 Å². The number of carbonyl (C=O) groups is 1. The lowest BCUT2D eigenvalue weighted by molar-refractivity contribution is 0.0490. The zero-order valence-corrected chi connectivity index (χ0v) is 15.2. The summed E-state index contributed by atoms with van der Waals surface area (Å²) in [5, 5.41) is 4.86. The van der Waals surface area contributed by atoms with Gasteiger partial charge in [-0.15, -0.1) is 11.3 Å². The Hall–Kier alpha value is -2.70. The molecule has 0 saturated carbocycles. The number of halogens is 1. The van der Waals surface area contributed by atoms with Gasteiger partial charge in [0.1, 0.15) is 6.61 Å². The molecule has 3 heterocycles. The first kappa shape index (κ1) is 16.8. The quantitative estimate of drug-likeness (QED) is 0.470. The monoisotopic (exact) mass is 383 g/mol. The van der Waals surface area contributed by atoms with Crippen LogP contribution in [0, 0.1) is 0 Å². The fourth-order valence-electron chi connectivity index (χ4n) is 2.66. The van der Waals surface area contributed by atoms with Crippen LogP contribution in [-0.4, -0.2) is 27.3 Å². The topological polar surface area (TPSA) is 57.0 Å². The summed E-state index contributed by atoms with van der Waals surface area (Å²) < 4.78 is 7.85. The van der Waals surface area contributed by atoms with Gasteiger partial charge in [-0.1, -0.05) is 29.8 Å². The second kappa shape index (κ2) is 7.27. The van der Waals surface area contributed by atoms with Crippen LogP contribution in [0.3, 0.4) is 0 Å². The molecule has 0 fully saturated rings. The lowest BCUT2D eigenvalue weighted by Gasteiger charge is -2.09. The molecule has 26 heavy (non-hydrogen) atoms. The molecule has 0 amide bonds. The van der Waals surface area contributed by atoms with Crippen LogP contribution in [0.4, 0.5) is 0 Å². The molecule has 0 aliphatic carbocycles. The second-order valence-electron chi connectivity index (χ2n) is 5.58. The zero-order valence-electron chi connectivity index (χ0n) is 13.6. The Balaban J connectivity index is 1.64. The number of ether oxygens (including phenoxy) is 1. The number of para-hydroxylation sites is 1. The van der Waals surface area contributed by atoms with Gasteiger partial charge in [-0.3, -0.25) is 4.68 Å². The van der Waals surface area contributed by atoms with Crippen molar-refractivity contribution in [3.8, 4) is 10.6 Å². The highest BCUT2D eigenvalue weighted by atomic mass is 35.5. The molecule has 7 heteroatoms. The third kappa shape index (κ3) is 3.47. The summed E-state index contributed by atoms with van der Waals surface area (Å²) in [5.41, 5.74) is 1.95. The van der Waals surface area contributed by atoms with Crippen LogP contribution in [0.2, 0.25) is 4.34 Å². The van der Waals surface area contributed by atoms with E-state index in [1.54, 1.807) is 16.9 Å². The molecule has 3 aromatic heterocycles. The predicted octanol–water partition coefficient (Wildman–Crippen LogP) is 4.67. The van der Waals surface area contributed by atoms with Gasteiger partial charge in [0.2, 0.25) is 0 Å². The van der Waals surface area contributed by atoms with Gasteiger partial charge >= 0.3 is 5.97 Å². The summed E-state index contributed by atoms with van der Waals surface area (Å²) in [5.74, 6) is -0.375. The Kier molecular flexibility index (Phi) is 4.69. The van der Waals surface area contributed by atoms with Crippen molar-refractivity contribution < 1.29 is 9.53 Å². The van der Waals surface area contributed by atoms with E-state index in [-0.39, 0.29) is 12.6 Å². The Morgan fingerprint density at radius 3 is 2.85 bits per heavy atom. The highest BCUT2D eigenvalue weighted by Crippen LogP contribution is 2.32. The maximum atomic E-state index is 12.7. The minimum Gasteiger partial charge on any atom is -0.460 e. The van der Waals surface area contributed by atoms with Crippen LogP contribution in [0.5, 0.6) is 0 Å². The lowest BCUT2D eigenvalue weighted by atomic mass is 10.1. The van der Waals surface area contributed by atoms with Crippen molar-refractivity contribution in [3.63, 3.8) is 0 Å². The third-order valence-electron chi connectivity index (χ3n) is 3.87. The number of hydrogen-bond donors (Lipinski definition) is 0. The second-order valence-corrected chi connectivity index (χ2v) is 7.30. The molecule has 0 saturated heterocycles. The summed E-state index contributed by atoms with van der Waals surface area (Å²) in [6.07, 6.45) is 3.52. The average Bonchev–Trinajstić information content (AvgIpc) is 3.32. The molecule has 4 aromatic rings. The molecule has 5 nitrogen and oxygen atoms in total. The van der Waals surface area contributed by atoms with Crippen LogP contribution in [0.1, 0.15) is 10.4 Å². The number of thiophene rings is 1. The SMILES string of the molecule is O=C(OCCn1cccn1)c1cc(-c2ccc(Cl)s2)nc2ccccc12. The number of pyridine rings is 1.